The molecule has 2 aromatic carbocycles. The minimum atomic E-state index is -4.97. The Balaban J connectivity index is 2.07. The van der Waals surface area contributed by atoms with E-state index in [0.717, 1.165) is 0 Å². The molecule has 0 saturated carbocycles. The Kier molecular flexibility index (Phi) is 4.88. The number of carbonyl (C=O) groups is 1. The SMILES string of the molecule is Cc1ccccc1-n1ncc(C(=O)Nc2cc(F)c(F)cc2F)c1C(F)(F)F. The Morgan fingerprint density at radius 1 is 1.04 bits per heavy atom. The van der Waals surface area contributed by atoms with Crippen molar-refractivity contribution in [1.29, 1.82) is 0 Å². The fourth-order valence-electron chi connectivity index (χ4n) is 2.58. The Labute approximate surface area is 154 Å². The minimum Gasteiger partial charge on any atom is -0.319 e. The maximum absolute atomic E-state index is 13.7. The molecule has 1 amide bonds. The Morgan fingerprint density at radius 3 is 2.32 bits per heavy atom. The number of carbonyl (C=O) groups excluding carboxylic acids is 1. The Morgan fingerprint density at radius 2 is 1.68 bits per heavy atom. The van der Waals surface area contributed by atoms with Gasteiger partial charge in [-0.05, 0) is 18.6 Å². The zero-order valence-electron chi connectivity index (χ0n) is 14.1. The normalized spacial score (nSPS) is 11.5. The van der Waals surface area contributed by atoms with Gasteiger partial charge in [-0.15, -0.1) is 0 Å². The first-order chi connectivity index (χ1) is 13.1. The van der Waals surface area contributed by atoms with E-state index in [0.29, 0.717) is 22.5 Å². The molecule has 0 radical (unpaired) electrons. The third kappa shape index (κ3) is 3.57. The molecule has 0 unspecified atom stereocenters. The first-order valence-electron chi connectivity index (χ1n) is 7.76. The van der Waals surface area contributed by atoms with Crippen LogP contribution >= 0.6 is 0 Å². The van der Waals surface area contributed by atoms with E-state index in [-0.39, 0.29) is 11.8 Å². The zero-order valence-corrected chi connectivity index (χ0v) is 14.1. The summed E-state index contributed by atoms with van der Waals surface area (Å²) in [6, 6.07) is 6.57. The van der Waals surface area contributed by atoms with E-state index in [1.807, 2.05) is 5.32 Å². The molecule has 0 bridgehead atoms. The molecule has 1 N–H and O–H groups in total. The molecule has 0 aliphatic carbocycles. The van der Waals surface area contributed by atoms with E-state index in [1.165, 1.54) is 12.1 Å². The minimum absolute atomic E-state index is 0.0906. The van der Waals surface area contributed by atoms with Gasteiger partial charge in [-0.3, -0.25) is 4.79 Å². The number of benzene rings is 2. The van der Waals surface area contributed by atoms with Crippen molar-refractivity contribution < 1.29 is 31.1 Å². The second-order valence-electron chi connectivity index (χ2n) is 5.80. The molecule has 3 aromatic rings. The Bertz CT molecular complexity index is 1060. The van der Waals surface area contributed by atoms with Crippen LogP contribution in [0.4, 0.5) is 32.0 Å². The highest BCUT2D eigenvalue weighted by Crippen LogP contribution is 2.34. The number of halogens is 6. The highest BCUT2D eigenvalue weighted by molar-refractivity contribution is 6.05. The number of para-hydroxylation sites is 1. The quantitative estimate of drug-likeness (QED) is 0.505. The third-order valence-corrected chi connectivity index (χ3v) is 3.88. The van der Waals surface area contributed by atoms with E-state index in [4.69, 9.17) is 0 Å². The van der Waals surface area contributed by atoms with Gasteiger partial charge in [0.1, 0.15) is 5.82 Å². The van der Waals surface area contributed by atoms with Gasteiger partial charge >= 0.3 is 6.18 Å². The number of anilines is 1. The zero-order chi connectivity index (χ0) is 20.6. The lowest BCUT2D eigenvalue weighted by atomic mass is 10.1. The van der Waals surface area contributed by atoms with E-state index in [9.17, 15) is 31.1 Å². The summed E-state index contributed by atoms with van der Waals surface area (Å²) in [6.07, 6.45) is -4.31. The highest BCUT2D eigenvalue weighted by Gasteiger charge is 2.41. The number of nitrogens with one attached hydrogen (secondary N) is 1. The second-order valence-corrected chi connectivity index (χ2v) is 5.80. The van der Waals surface area contributed by atoms with Gasteiger partial charge in [-0.25, -0.2) is 17.9 Å². The Hall–Kier alpha value is -3.30. The second kappa shape index (κ2) is 7.02. The van der Waals surface area contributed by atoms with Crippen LogP contribution in [0.2, 0.25) is 0 Å². The van der Waals surface area contributed by atoms with Crippen LogP contribution in [0, 0.1) is 24.4 Å². The molecule has 0 aliphatic rings. The van der Waals surface area contributed by atoms with Crippen molar-refractivity contribution in [3.63, 3.8) is 0 Å². The molecule has 0 saturated heterocycles. The number of hydrogen-bond acceptors (Lipinski definition) is 2. The first-order valence-corrected chi connectivity index (χ1v) is 7.76. The van der Waals surface area contributed by atoms with Crippen LogP contribution in [0.3, 0.4) is 0 Å². The highest BCUT2D eigenvalue weighted by atomic mass is 19.4. The molecular formula is C18H11F6N3O. The van der Waals surface area contributed by atoms with Gasteiger partial charge in [-0.2, -0.15) is 18.3 Å². The number of amides is 1. The molecule has 28 heavy (non-hydrogen) atoms. The predicted molar refractivity (Wildman–Crippen MR) is 87.6 cm³/mol. The summed E-state index contributed by atoms with van der Waals surface area (Å²) in [7, 11) is 0. The van der Waals surface area contributed by atoms with E-state index < -0.39 is 46.5 Å². The van der Waals surface area contributed by atoms with Crippen LogP contribution in [0.15, 0.2) is 42.6 Å². The van der Waals surface area contributed by atoms with E-state index in [2.05, 4.69) is 5.10 Å². The fraction of sp³-hybridized carbons (Fsp3) is 0.111. The lowest BCUT2D eigenvalue weighted by molar-refractivity contribution is -0.143. The van der Waals surface area contributed by atoms with Crippen molar-refractivity contribution in [2.24, 2.45) is 0 Å². The molecule has 4 nitrogen and oxygen atoms in total. The van der Waals surface area contributed by atoms with Crippen LogP contribution in [0.1, 0.15) is 21.6 Å². The van der Waals surface area contributed by atoms with Gasteiger partial charge in [0.05, 0.1) is 23.1 Å². The van der Waals surface area contributed by atoms with E-state index in [1.54, 1.807) is 19.1 Å². The molecule has 0 aliphatic heterocycles. The van der Waals surface area contributed by atoms with Gasteiger partial charge in [0.2, 0.25) is 0 Å². The van der Waals surface area contributed by atoms with Gasteiger partial charge in [0, 0.05) is 12.1 Å². The van der Waals surface area contributed by atoms with Crippen molar-refractivity contribution >= 4 is 11.6 Å². The molecule has 3 rings (SSSR count). The third-order valence-electron chi connectivity index (χ3n) is 3.88. The monoisotopic (exact) mass is 399 g/mol. The fourth-order valence-corrected chi connectivity index (χ4v) is 2.58. The maximum Gasteiger partial charge on any atom is 0.434 e. The standard InChI is InChI=1S/C18H11F6N3O/c1-9-4-2-3-5-15(9)27-16(18(22,23)24)10(8-25-27)17(28)26-14-7-12(20)11(19)6-13(14)21/h2-8H,1H3,(H,26,28). The van der Waals surface area contributed by atoms with Crippen molar-refractivity contribution in [1.82, 2.24) is 9.78 Å². The topological polar surface area (TPSA) is 46.9 Å². The van der Waals surface area contributed by atoms with Crippen molar-refractivity contribution in [3.05, 3.63) is 76.9 Å². The summed E-state index contributed by atoms with van der Waals surface area (Å²) in [5, 5.41) is 5.45. The van der Waals surface area contributed by atoms with E-state index >= 15 is 0 Å². The summed E-state index contributed by atoms with van der Waals surface area (Å²) < 4.78 is 81.4. The molecular weight excluding hydrogens is 388 g/mol. The van der Waals surface area contributed by atoms with Gasteiger partial charge in [-0.1, -0.05) is 18.2 Å². The van der Waals surface area contributed by atoms with Gasteiger partial charge < -0.3 is 5.32 Å². The molecule has 10 heteroatoms. The molecule has 0 fully saturated rings. The summed E-state index contributed by atoms with van der Waals surface area (Å²) >= 11 is 0. The number of aryl methyl sites for hydroxylation is 1. The average Bonchev–Trinajstić information content (AvgIpc) is 3.05. The number of rotatable bonds is 3. The maximum atomic E-state index is 13.7. The number of aromatic nitrogens is 2. The lowest BCUT2D eigenvalue weighted by Crippen LogP contribution is -2.21. The van der Waals surface area contributed by atoms with Crippen LogP contribution < -0.4 is 5.32 Å². The van der Waals surface area contributed by atoms with Crippen LogP contribution in [0.25, 0.3) is 5.69 Å². The molecule has 0 spiro atoms. The van der Waals surface area contributed by atoms with Crippen LogP contribution in [-0.4, -0.2) is 15.7 Å². The van der Waals surface area contributed by atoms with Crippen molar-refractivity contribution in [2.75, 3.05) is 5.32 Å². The molecule has 1 heterocycles. The molecule has 146 valence electrons. The predicted octanol–water partition coefficient (Wildman–Crippen LogP) is 4.87. The molecule has 1 aromatic heterocycles. The average molecular weight is 399 g/mol. The van der Waals surface area contributed by atoms with Crippen molar-refractivity contribution in [3.8, 4) is 5.69 Å². The summed E-state index contributed by atoms with van der Waals surface area (Å²) in [4.78, 5) is 12.3. The van der Waals surface area contributed by atoms with Gasteiger partial charge in [0.15, 0.2) is 17.3 Å². The lowest BCUT2D eigenvalue weighted by Gasteiger charge is -2.14. The van der Waals surface area contributed by atoms with Gasteiger partial charge in [0.25, 0.3) is 5.91 Å². The molecule has 0 atom stereocenters. The van der Waals surface area contributed by atoms with Crippen LogP contribution in [0.5, 0.6) is 0 Å². The summed E-state index contributed by atoms with van der Waals surface area (Å²) in [6.45, 7) is 1.56. The number of nitrogens with zero attached hydrogens (tertiary/aromatic N) is 2. The van der Waals surface area contributed by atoms with Crippen LogP contribution in [-0.2, 0) is 6.18 Å². The number of alkyl halides is 3. The first kappa shape index (κ1) is 19.5. The van der Waals surface area contributed by atoms with Crippen molar-refractivity contribution in [2.45, 2.75) is 13.1 Å². The smallest absolute Gasteiger partial charge is 0.319 e. The summed E-state index contributed by atoms with van der Waals surface area (Å²) in [5.41, 5.74) is -2.54. The summed E-state index contributed by atoms with van der Waals surface area (Å²) in [5.74, 6) is -5.69. The number of hydrogen-bond donors (Lipinski definition) is 1. The largest absolute Gasteiger partial charge is 0.434 e.